The van der Waals surface area contributed by atoms with Gasteiger partial charge in [-0.2, -0.15) is 5.26 Å². The zero-order chi connectivity index (χ0) is 21.9. The zero-order valence-electron chi connectivity index (χ0n) is 18.5. The lowest BCUT2D eigenvalue weighted by Gasteiger charge is -2.22. The largest absolute Gasteiger partial charge is 1.00 e. The normalized spacial score (nSPS) is 10.5. The van der Waals surface area contributed by atoms with E-state index in [2.05, 4.69) is 35.4 Å². The lowest BCUT2D eigenvalue weighted by molar-refractivity contribution is -0.117. The highest BCUT2D eigenvalue weighted by atomic mass is 35.5. The van der Waals surface area contributed by atoms with Gasteiger partial charge in [0.05, 0.1) is 7.11 Å². The summed E-state index contributed by atoms with van der Waals surface area (Å²) < 4.78 is 5.14. The summed E-state index contributed by atoms with van der Waals surface area (Å²) in [5, 5.41) is 15.2. The zero-order valence-corrected chi connectivity index (χ0v) is 19.3. The quantitative estimate of drug-likeness (QED) is 0.425. The van der Waals surface area contributed by atoms with Gasteiger partial charge in [-0.25, -0.2) is 0 Å². The number of carbonyl (C=O) groups is 1. The minimum atomic E-state index is -0.393. The predicted molar refractivity (Wildman–Crippen MR) is 122 cm³/mol. The van der Waals surface area contributed by atoms with Crippen molar-refractivity contribution in [1.82, 2.24) is 5.32 Å². The standard InChI is InChI=1S/C24H30N4O2.ClH/c1-5-28(6-2)21-9-12-23(18(3)15-21)27-17-20(16-25)24(29)26-14-13-19-7-10-22(30-4)11-8-19;/h7-12,15,17,27H,5-6,13-14H2,1-4H3,(H,26,29);1H/p-1/b20-17-;. The highest BCUT2D eigenvalue weighted by Crippen LogP contribution is 2.23. The van der Waals surface area contributed by atoms with Gasteiger partial charge in [-0.3, -0.25) is 4.79 Å². The molecule has 2 rings (SSSR count). The van der Waals surface area contributed by atoms with E-state index in [1.807, 2.05) is 49.4 Å². The van der Waals surface area contributed by atoms with Crippen LogP contribution in [0, 0.1) is 18.3 Å². The summed E-state index contributed by atoms with van der Waals surface area (Å²) in [5.41, 5.74) is 4.19. The Morgan fingerprint density at radius 2 is 1.84 bits per heavy atom. The maximum atomic E-state index is 12.3. The first-order valence-electron chi connectivity index (χ1n) is 10.2. The number of hydrogen-bond acceptors (Lipinski definition) is 5. The van der Waals surface area contributed by atoms with Gasteiger partial charge >= 0.3 is 0 Å². The third kappa shape index (κ3) is 7.54. The lowest BCUT2D eigenvalue weighted by atomic mass is 10.1. The van der Waals surface area contributed by atoms with Crippen molar-refractivity contribution in [1.29, 1.82) is 5.26 Å². The van der Waals surface area contributed by atoms with Crippen LogP contribution in [0.4, 0.5) is 11.4 Å². The second-order valence-corrected chi connectivity index (χ2v) is 6.84. The van der Waals surface area contributed by atoms with E-state index in [0.29, 0.717) is 13.0 Å². The highest BCUT2D eigenvalue weighted by Gasteiger charge is 2.09. The summed E-state index contributed by atoms with van der Waals surface area (Å²) in [6.45, 7) is 8.59. The molecule has 0 saturated carbocycles. The van der Waals surface area contributed by atoms with Crippen LogP contribution in [0.5, 0.6) is 5.75 Å². The number of methoxy groups -OCH3 is 1. The van der Waals surface area contributed by atoms with Crippen molar-refractivity contribution in [2.75, 3.05) is 37.0 Å². The topological polar surface area (TPSA) is 77.4 Å². The van der Waals surface area contributed by atoms with Crippen molar-refractivity contribution in [2.24, 2.45) is 0 Å². The first kappa shape index (κ1) is 25.9. The number of carbonyl (C=O) groups excluding carboxylic acids is 1. The van der Waals surface area contributed by atoms with Crippen molar-refractivity contribution in [3.05, 3.63) is 65.4 Å². The molecule has 2 N–H and O–H groups in total. The summed E-state index contributed by atoms with van der Waals surface area (Å²) in [6.07, 6.45) is 2.13. The molecule has 31 heavy (non-hydrogen) atoms. The highest BCUT2D eigenvalue weighted by molar-refractivity contribution is 5.97. The van der Waals surface area contributed by atoms with Crippen LogP contribution in [-0.2, 0) is 11.2 Å². The Labute approximate surface area is 191 Å². The molecule has 0 aliphatic carbocycles. The van der Waals surface area contributed by atoms with Crippen LogP contribution in [0.25, 0.3) is 0 Å². The SMILES string of the molecule is CCN(CC)c1ccc(N/C=C(/C#N)C(=O)NCCc2ccc(OC)cc2)c(C)c1.[Cl-]. The molecule has 7 heteroatoms. The number of anilines is 2. The third-order valence-electron chi connectivity index (χ3n) is 4.93. The molecule has 0 radical (unpaired) electrons. The molecule has 2 aromatic carbocycles. The second-order valence-electron chi connectivity index (χ2n) is 6.84. The fraction of sp³-hybridized carbons (Fsp3) is 0.333. The van der Waals surface area contributed by atoms with E-state index < -0.39 is 5.91 Å². The second kappa shape index (κ2) is 13.2. The lowest BCUT2D eigenvalue weighted by Crippen LogP contribution is -3.00. The van der Waals surface area contributed by atoms with E-state index >= 15 is 0 Å². The van der Waals surface area contributed by atoms with E-state index in [-0.39, 0.29) is 18.0 Å². The van der Waals surface area contributed by atoms with Crippen molar-refractivity contribution in [2.45, 2.75) is 27.2 Å². The molecule has 0 aliphatic rings. The molecule has 0 unspecified atom stereocenters. The molecule has 0 spiro atoms. The Balaban J connectivity index is 0.00000480. The van der Waals surface area contributed by atoms with Crippen LogP contribution in [0.2, 0.25) is 0 Å². The van der Waals surface area contributed by atoms with Gasteiger partial charge in [0.25, 0.3) is 5.91 Å². The molecule has 0 atom stereocenters. The molecular weight excluding hydrogens is 412 g/mol. The number of nitriles is 1. The molecule has 0 bridgehead atoms. The molecular formula is C24H30ClN4O2-. The maximum Gasteiger partial charge on any atom is 0.263 e. The van der Waals surface area contributed by atoms with Crippen LogP contribution in [0.1, 0.15) is 25.0 Å². The third-order valence-corrected chi connectivity index (χ3v) is 4.93. The van der Waals surface area contributed by atoms with Crippen LogP contribution in [0.15, 0.2) is 54.2 Å². The Bertz CT molecular complexity index is 916. The molecule has 0 aliphatic heterocycles. The van der Waals surface area contributed by atoms with Gasteiger partial charge in [-0.1, -0.05) is 12.1 Å². The fourth-order valence-corrected chi connectivity index (χ4v) is 3.10. The summed E-state index contributed by atoms with van der Waals surface area (Å²) in [5.74, 6) is 0.403. The number of aryl methyl sites for hydroxylation is 1. The minimum Gasteiger partial charge on any atom is -1.00 e. The Hall–Kier alpha value is -3.17. The number of hydrogen-bond donors (Lipinski definition) is 2. The van der Waals surface area contributed by atoms with Crippen molar-refractivity contribution < 1.29 is 21.9 Å². The average Bonchev–Trinajstić information content (AvgIpc) is 2.76. The van der Waals surface area contributed by atoms with Crippen molar-refractivity contribution in [3.8, 4) is 11.8 Å². The van der Waals surface area contributed by atoms with Crippen LogP contribution >= 0.6 is 0 Å². The van der Waals surface area contributed by atoms with Gasteiger partial charge in [-0.15, -0.1) is 0 Å². The first-order valence-corrected chi connectivity index (χ1v) is 10.2. The molecule has 2 aromatic rings. The summed E-state index contributed by atoms with van der Waals surface area (Å²) in [6, 6.07) is 15.8. The number of amides is 1. The number of halogens is 1. The molecule has 0 fully saturated rings. The fourth-order valence-electron chi connectivity index (χ4n) is 3.10. The molecule has 0 aromatic heterocycles. The average molecular weight is 442 g/mol. The van der Waals surface area contributed by atoms with E-state index in [9.17, 15) is 10.1 Å². The van der Waals surface area contributed by atoms with Gasteiger partial charge in [0.15, 0.2) is 0 Å². The number of rotatable bonds is 10. The van der Waals surface area contributed by atoms with E-state index in [0.717, 1.165) is 41.3 Å². The van der Waals surface area contributed by atoms with Gasteiger partial charge in [0.1, 0.15) is 17.4 Å². The van der Waals surface area contributed by atoms with Gasteiger partial charge in [0.2, 0.25) is 0 Å². The smallest absolute Gasteiger partial charge is 0.263 e. The van der Waals surface area contributed by atoms with Gasteiger partial charge in [0, 0.05) is 37.2 Å². The van der Waals surface area contributed by atoms with E-state index in [4.69, 9.17) is 4.74 Å². The number of ether oxygens (including phenoxy) is 1. The maximum absolute atomic E-state index is 12.3. The summed E-state index contributed by atoms with van der Waals surface area (Å²) >= 11 is 0. The van der Waals surface area contributed by atoms with Crippen molar-refractivity contribution in [3.63, 3.8) is 0 Å². The van der Waals surface area contributed by atoms with E-state index in [1.54, 1.807) is 7.11 Å². The van der Waals surface area contributed by atoms with Gasteiger partial charge < -0.3 is 32.7 Å². The first-order chi connectivity index (χ1) is 14.5. The Morgan fingerprint density at radius 1 is 1.16 bits per heavy atom. The monoisotopic (exact) mass is 441 g/mol. The number of nitrogens with one attached hydrogen (secondary N) is 2. The van der Waals surface area contributed by atoms with Crippen LogP contribution in [-0.4, -0.2) is 32.7 Å². The molecule has 0 saturated heterocycles. The molecule has 6 nitrogen and oxygen atoms in total. The Kier molecular flexibility index (Phi) is 11.0. The molecule has 0 heterocycles. The molecule has 166 valence electrons. The van der Waals surface area contributed by atoms with Crippen LogP contribution in [0.3, 0.4) is 0 Å². The molecule has 1 amide bonds. The van der Waals surface area contributed by atoms with Crippen molar-refractivity contribution >= 4 is 17.3 Å². The van der Waals surface area contributed by atoms with E-state index in [1.165, 1.54) is 6.20 Å². The summed E-state index contributed by atoms with van der Waals surface area (Å²) in [7, 11) is 1.62. The Morgan fingerprint density at radius 3 is 2.39 bits per heavy atom. The minimum absolute atomic E-state index is 0. The number of benzene rings is 2. The number of nitrogens with zero attached hydrogens (tertiary/aromatic N) is 2. The summed E-state index contributed by atoms with van der Waals surface area (Å²) in [4.78, 5) is 14.6. The van der Waals surface area contributed by atoms with Gasteiger partial charge in [-0.05, 0) is 68.7 Å². The predicted octanol–water partition coefficient (Wildman–Crippen LogP) is 1.03. The van der Waals surface area contributed by atoms with Crippen LogP contribution < -0.4 is 32.7 Å².